The van der Waals surface area contributed by atoms with E-state index >= 15 is 0 Å². The predicted molar refractivity (Wildman–Crippen MR) is 120 cm³/mol. The van der Waals surface area contributed by atoms with Crippen LogP contribution in [0.5, 0.6) is 0 Å². The summed E-state index contributed by atoms with van der Waals surface area (Å²) in [5.74, 6) is -0.677. The van der Waals surface area contributed by atoms with Crippen LogP contribution in [0.4, 0.5) is 11.4 Å². The van der Waals surface area contributed by atoms with Crippen LogP contribution < -0.4 is 14.9 Å². The van der Waals surface area contributed by atoms with E-state index in [1.807, 2.05) is 0 Å². The third-order valence-corrected chi connectivity index (χ3v) is 6.42. The molecule has 1 heterocycles. The number of amides is 2. The molecule has 9 heteroatoms. The Morgan fingerprint density at radius 2 is 1.90 bits per heavy atom. The molecule has 0 aliphatic carbocycles. The first-order valence-electron chi connectivity index (χ1n) is 10.0. The van der Waals surface area contributed by atoms with Crippen molar-refractivity contribution in [1.82, 2.24) is 5.32 Å². The number of ether oxygens (including phenoxy) is 1. The maximum Gasteiger partial charge on any atom is 0.255 e. The molecule has 1 aliphatic heterocycles. The zero-order valence-corrected chi connectivity index (χ0v) is 18.7. The van der Waals surface area contributed by atoms with Gasteiger partial charge in [0.05, 0.1) is 29.3 Å². The molecule has 1 fully saturated rings. The van der Waals surface area contributed by atoms with Crippen LogP contribution in [0.3, 0.4) is 0 Å². The Kier molecular flexibility index (Phi) is 6.97. The smallest absolute Gasteiger partial charge is 0.255 e. The van der Waals surface area contributed by atoms with E-state index in [1.54, 1.807) is 49.4 Å². The number of hydrogen-bond acceptors (Lipinski definition) is 5. The lowest BCUT2D eigenvalue weighted by Crippen LogP contribution is -2.32. The molecule has 2 aromatic rings. The zero-order valence-electron chi connectivity index (χ0n) is 17.8. The first-order chi connectivity index (χ1) is 14.7. The molecule has 3 rings (SSSR count). The van der Waals surface area contributed by atoms with Crippen molar-refractivity contribution in [3.8, 4) is 0 Å². The Labute approximate surface area is 182 Å². The summed E-state index contributed by atoms with van der Waals surface area (Å²) < 4.78 is 30.3. The number of carbonyl (C=O) groups is 2. The lowest BCUT2D eigenvalue weighted by molar-refractivity contribution is 0.0858. The van der Waals surface area contributed by atoms with Gasteiger partial charge in [-0.2, -0.15) is 0 Å². The number of hydrogen-bond donors (Lipinski definition) is 2. The quantitative estimate of drug-likeness (QED) is 0.682. The molecule has 0 saturated carbocycles. The van der Waals surface area contributed by atoms with Crippen LogP contribution in [0.25, 0.3) is 0 Å². The van der Waals surface area contributed by atoms with Crippen molar-refractivity contribution in [1.29, 1.82) is 0 Å². The van der Waals surface area contributed by atoms with E-state index in [0.29, 0.717) is 41.2 Å². The van der Waals surface area contributed by atoms with Gasteiger partial charge in [0, 0.05) is 25.8 Å². The summed E-state index contributed by atoms with van der Waals surface area (Å²) in [6, 6.07) is 11.5. The summed E-state index contributed by atoms with van der Waals surface area (Å²) in [5, 5.41) is 5.64. The molecular weight excluding hydrogens is 418 g/mol. The second kappa shape index (κ2) is 9.49. The first kappa shape index (κ1) is 22.8. The van der Waals surface area contributed by atoms with Crippen molar-refractivity contribution in [3.05, 3.63) is 59.2 Å². The molecule has 31 heavy (non-hydrogen) atoms. The summed E-state index contributed by atoms with van der Waals surface area (Å²) in [4.78, 5) is 25.4. The van der Waals surface area contributed by atoms with E-state index in [-0.39, 0.29) is 12.0 Å². The summed E-state index contributed by atoms with van der Waals surface area (Å²) in [7, 11) is -1.95. The monoisotopic (exact) mass is 445 g/mol. The molecular formula is C22H27N3O5S. The van der Waals surface area contributed by atoms with E-state index in [2.05, 4.69) is 10.6 Å². The number of rotatable bonds is 7. The van der Waals surface area contributed by atoms with Crippen LogP contribution in [-0.4, -0.2) is 52.8 Å². The fraction of sp³-hybridized carbons (Fsp3) is 0.364. The van der Waals surface area contributed by atoms with Crippen molar-refractivity contribution in [3.63, 3.8) is 0 Å². The Bertz CT molecular complexity index is 1080. The lowest BCUT2D eigenvalue weighted by Gasteiger charge is -2.19. The molecule has 0 radical (unpaired) electrons. The number of nitrogens with zero attached hydrogens (tertiary/aromatic N) is 1. The van der Waals surface area contributed by atoms with Crippen LogP contribution >= 0.6 is 0 Å². The highest BCUT2D eigenvalue weighted by Crippen LogP contribution is 2.23. The molecule has 0 bridgehead atoms. The second-order valence-electron chi connectivity index (χ2n) is 7.58. The van der Waals surface area contributed by atoms with Gasteiger partial charge in [0.2, 0.25) is 10.0 Å². The van der Waals surface area contributed by atoms with E-state index in [1.165, 1.54) is 7.05 Å². The highest BCUT2D eigenvalue weighted by atomic mass is 32.2. The van der Waals surface area contributed by atoms with Gasteiger partial charge >= 0.3 is 0 Å². The maximum absolute atomic E-state index is 12.8. The van der Waals surface area contributed by atoms with E-state index < -0.39 is 15.9 Å². The number of carbonyl (C=O) groups excluding carboxylic acids is 2. The molecule has 1 saturated heterocycles. The highest BCUT2D eigenvalue weighted by molar-refractivity contribution is 7.92. The third kappa shape index (κ3) is 5.62. The van der Waals surface area contributed by atoms with Gasteiger partial charge in [-0.1, -0.05) is 12.1 Å². The minimum atomic E-state index is -3.41. The van der Waals surface area contributed by atoms with Crippen LogP contribution in [-0.2, 0) is 14.8 Å². The van der Waals surface area contributed by atoms with Gasteiger partial charge in [-0.15, -0.1) is 0 Å². The number of aryl methyl sites for hydroxylation is 1. The van der Waals surface area contributed by atoms with Crippen LogP contribution in [0.15, 0.2) is 42.5 Å². The van der Waals surface area contributed by atoms with Crippen molar-refractivity contribution in [2.24, 2.45) is 0 Å². The van der Waals surface area contributed by atoms with Crippen molar-refractivity contribution >= 4 is 33.2 Å². The maximum atomic E-state index is 12.8. The summed E-state index contributed by atoms with van der Waals surface area (Å²) in [6.07, 6.45) is 3.05. The third-order valence-electron chi connectivity index (χ3n) is 5.23. The van der Waals surface area contributed by atoms with Crippen LogP contribution in [0, 0.1) is 6.92 Å². The molecule has 8 nitrogen and oxygen atoms in total. The fourth-order valence-electron chi connectivity index (χ4n) is 3.42. The zero-order chi connectivity index (χ0) is 22.6. The average Bonchev–Trinajstić information content (AvgIpc) is 3.25. The molecule has 166 valence electrons. The number of sulfonamides is 1. The minimum absolute atomic E-state index is 0.0252. The highest BCUT2D eigenvalue weighted by Gasteiger charge is 2.20. The SMILES string of the molecule is Cc1cc(C(=O)Nc2ccccc2C(=O)NC[C@@H]2CCCO2)ccc1N(C)S(C)(=O)=O. The molecule has 2 amide bonds. The molecule has 1 aliphatic rings. The normalized spacial score (nSPS) is 16.0. The van der Waals surface area contributed by atoms with Crippen LogP contribution in [0.1, 0.15) is 39.1 Å². The molecule has 2 aromatic carbocycles. The van der Waals surface area contributed by atoms with E-state index in [4.69, 9.17) is 4.74 Å². The predicted octanol–water partition coefficient (Wildman–Crippen LogP) is 2.55. The Morgan fingerprint density at radius 3 is 2.55 bits per heavy atom. The van der Waals surface area contributed by atoms with Gasteiger partial charge in [-0.25, -0.2) is 8.42 Å². The molecule has 2 N–H and O–H groups in total. The second-order valence-corrected chi connectivity index (χ2v) is 9.59. The van der Waals surface area contributed by atoms with Crippen molar-refractivity contribution in [2.75, 3.05) is 36.1 Å². The average molecular weight is 446 g/mol. The minimum Gasteiger partial charge on any atom is -0.376 e. The number of benzene rings is 2. The topological polar surface area (TPSA) is 105 Å². The Balaban J connectivity index is 1.73. The van der Waals surface area contributed by atoms with Gasteiger partial charge in [-0.05, 0) is 55.7 Å². The standard InChI is InChI=1S/C22H27N3O5S/c1-15-13-16(10-11-20(15)25(2)31(3,28)29)21(26)24-19-9-5-4-8-18(19)22(27)23-14-17-7-6-12-30-17/h4-5,8-11,13,17H,6-7,12,14H2,1-3H3,(H,23,27)(H,24,26)/t17-/m0/s1. The Hall–Kier alpha value is -2.91. The van der Waals surface area contributed by atoms with Gasteiger partial charge in [0.25, 0.3) is 11.8 Å². The van der Waals surface area contributed by atoms with Gasteiger partial charge in [-0.3, -0.25) is 13.9 Å². The Morgan fingerprint density at radius 1 is 1.16 bits per heavy atom. The number of nitrogens with one attached hydrogen (secondary N) is 2. The molecule has 0 spiro atoms. The molecule has 1 atom stereocenters. The fourth-order valence-corrected chi connectivity index (χ4v) is 3.98. The van der Waals surface area contributed by atoms with Gasteiger partial charge < -0.3 is 15.4 Å². The van der Waals surface area contributed by atoms with Crippen molar-refractivity contribution < 1.29 is 22.7 Å². The van der Waals surface area contributed by atoms with Gasteiger partial charge in [0.15, 0.2) is 0 Å². The lowest BCUT2D eigenvalue weighted by atomic mass is 10.1. The summed E-state index contributed by atoms with van der Waals surface area (Å²) in [6.45, 7) is 2.88. The van der Waals surface area contributed by atoms with Gasteiger partial charge in [0.1, 0.15) is 0 Å². The molecule has 0 unspecified atom stereocenters. The largest absolute Gasteiger partial charge is 0.376 e. The summed E-state index contributed by atoms with van der Waals surface area (Å²) >= 11 is 0. The molecule has 0 aromatic heterocycles. The summed E-state index contributed by atoms with van der Waals surface area (Å²) in [5.41, 5.74) is 2.25. The number of anilines is 2. The number of para-hydroxylation sites is 1. The van der Waals surface area contributed by atoms with E-state index in [0.717, 1.165) is 23.4 Å². The van der Waals surface area contributed by atoms with E-state index in [9.17, 15) is 18.0 Å². The van der Waals surface area contributed by atoms with Crippen LogP contribution in [0.2, 0.25) is 0 Å². The first-order valence-corrected chi connectivity index (χ1v) is 11.9. The van der Waals surface area contributed by atoms with Crippen molar-refractivity contribution in [2.45, 2.75) is 25.9 Å².